The third-order valence-corrected chi connectivity index (χ3v) is 4.95. The van der Waals surface area contributed by atoms with Crippen molar-refractivity contribution >= 4 is 16.8 Å². The van der Waals surface area contributed by atoms with Crippen LogP contribution in [0, 0.1) is 0 Å². The van der Waals surface area contributed by atoms with E-state index in [0.717, 1.165) is 42.4 Å². The number of nitrogens with one attached hydrogen (secondary N) is 1. The van der Waals surface area contributed by atoms with Gasteiger partial charge in [-0.3, -0.25) is 9.59 Å². The number of hydrogen-bond acceptors (Lipinski definition) is 2. The average molecular weight is 335 g/mol. The molecule has 1 amide bonds. The molecule has 2 aromatic heterocycles. The summed E-state index contributed by atoms with van der Waals surface area (Å²) in [6, 6.07) is 9.63. The zero-order valence-corrected chi connectivity index (χ0v) is 14.3. The third-order valence-electron chi connectivity index (χ3n) is 4.95. The van der Waals surface area contributed by atoms with E-state index in [1.807, 2.05) is 48.4 Å². The minimum absolute atomic E-state index is 0.0180. The van der Waals surface area contributed by atoms with Gasteiger partial charge in [0.15, 0.2) is 0 Å². The Labute approximate surface area is 145 Å². The first-order valence-electron chi connectivity index (χ1n) is 8.79. The first kappa shape index (κ1) is 15.7. The Morgan fingerprint density at radius 2 is 2.00 bits per heavy atom. The number of rotatable bonds is 3. The summed E-state index contributed by atoms with van der Waals surface area (Å²) in [6.45, 7) is 4.23. The first-order valence-corrected chi connectivity index (χ1v) is 8.79. The minimum atomic E-state index is -0.0180. The van der Waals surface area contributed by atoms with Crippen LogP contribution in [0.4, 0.5) is 0 Å². The molecule has 25 heavy (non-hydrogen) atoms. The van der Waals surface area contributed by atoms with Crippen molar-refractivity contribution < 1.29 is 4.79 Å². The number of amides is 1. The van der Waals surface area contributed by atoms with Crippen molar-refractivity contribution in [3.63, 3.8) is 0 Å². The van der Waals surface area contributed by atoms with E-state index in [1.54, 1.807) is 10.8 Å². The van der Waals surface area contributed by atoms with Gasteiger partial charge in [-0.15, -0.1) is 0 Å². The van der Waals surface area contributed by atoms with Gasteiger partial charge in [0, 0.05) is 48.5 Å². The molecule has 1 aliphatic rings. The number of carbonyl (C=O) groups excluding carboxylic acids is 1. The summed E-state index contributed by atoms with van der Waals surface area (Å²) in [5.74, 6) is 0.0912. The van der Waals surface area contributed by atoms with Gasteiger partial charge in [0.25, 0.3) is 11.5 Å². The molecular formula is C20H21N3O2. The topological polar surface area (TPSA) is 58.1 Å². The molecule has 3 heterocycles. The zero-order valence-electron chi connectivity index (χ0n) is 14.3. The lowest BCUT2D eigenvalue weighted by atomic mass is 10.0. The van der Waals surface area contributed by atoms with Crippen molar-refractivity contribution in [2.75, 3.05) is 13.1 Å². The number of nitrogens with zero attached hydrogens (tertiary/aromatic N) is 2. The van der Waals surface area contributed by atoms with Crippen molar-refractivity contribution in [3.8, 4) is 11.1 Å². The molecule has 0 radical (unpaired) electrons. The van der Waals surface area contributed by atoms with Crippen LogP contribution in [0.5, 0.6) is 0 Å². The lowest BCUT2D eigenvalue weighted by Gasteiger charge is -2.16. The molecule has 1 saturated heterocycles. The van der Waals surface area contributed by atoms with Crippen LogP contribution in [0.2, 0.25) is 0 Å². The highest BCUT2D eigenvalue weighted by molar-refractivity contribution is 5.98. The molecule has 0 aliphatic carbocycles. The van der Waals surface area contributed by atoms with Crippen LogP contribution in [-0.4, -0.2) is 33.4 Å². The Hall–Kier alpha value is -2.82. The summed E-state index contributed by atoms with van der Waals surface area (Å²) < 4.78 is 1.70. The number of pyridine rings is 1. The van der Waals surface area contributed by atoms with E-state index in [1.165, 1.54) is 0 Å². The predicted molar refractivity (Wildman–Crippen MR) is 98.8 cm³/mol. The number of fused-ring (bicyclic) bond motifs is 1. The zero-order chi connectivity index (χ0) is 17.4. The van der Waals surface area contributed by atoms with E-state index in [9.17, 15) is 9.59 Å². The van der Waals surface area contributed by atoms with Gasteiger partial charge in [-0.2, -0.15) is 0 Å². The Morgan fingerprint density at radius 1 is 1.20 bits per heavy atom. The molecule has 0 saturated carbocycles. The number of aromatic amines is 1. The quantitative estimate of drug-likeness (QED) is 0.799. The molecule has 5 heteroatoms. The molecule has 0 atom stereocenters. The molecule has 0 bridgehead atoms. The van der Waals surface area contributed by atoms with Crippen molar-refractivity contribution in [2.45, 2.75) is 26.3 Å². The van der Waals surface area contributed by atoms with E-state index in [-0.39, 0.29) is 11.5 Å². The molecule has 0 unspecified atom stereocenters. The molecule has 0 spiro atoms. The summed E-state index contributed by atoms with van der Waals surface area (Å²) in [5, 5.41) is 0.889. The fourth-order valence-corrected chi connectivity index (χ4v) is 3.59. The van der Waals surface area contributed by atoms with E-state index in [4.69, 9.17) is 0 Å². The molecule has 4 rings (SSSR count). The van der Waals surface area contributed by atoms with Gasteiger partial charge in [0.2, 0.25) is 0 Å². The Morgan fingerprint density at radius 3 is 2.76 bits per heavy atom. The van der Waals surface area contributed by atoms with Crippen LogP contribution < -0.4 is 5.56 Å². The number of likely N-dealkylation sites (tertiary alicyclic amines) is 1. The van der Waals surface area contributed by atoms with Crippen LogP contribution in [-0.2, 0) is 6.54 Å². The molecule has 128 valence electrons. The second-order valence-electron chi connectivity index (χ2n) is 6.48. The van der Waals surface area contributed by atoms with Gasteiger partial charge in [-0.25, -0.2) is 0 Å². The maximum atomic E-state index is 12.7. The molecule has 1 aromatic carbocycles. The normalized spacial score (nSPS) is 14.4. The molecule has 5 nitrogen and oxygen atoms in total. The van der Waals surface area contributed by atoms with Gasteiger partial charge < -0.3 is 14.5 Å². The van der Waals surface area contributed by atoms with Crippen molar-refractivity contribution in [1.82, 2.24) is 14.5 Å². The summed E-state index contributed by atoms with van der Waals surface area (Å²) in [6.07, 6.45) is 5.83. The third kappa shape index (κ3) is 2.65. The van der Waals surface area contributed by atoms with E-state index in [0.29, 0.717) is 17.6 Å². The lowest BCUT2D eigenvalue weighted by molar-refractivity contribution is 0.0793. The van der Waals surface area contributed by atoms with Crippen LogP contribution in [0.3, 0.4) is 0 Å². The molecule has 3 aromatic rings. The van der Waals surface area contributed by atoms with Gasteiger partial charge in [0.1, 0.15) is 5.52 Å². The van der Waals surface area contributed by atoms with Crippen molar-refractivity contribution in [1.29, 1.82) is 0 Å². The highest BCUT2D eigenvalue weighted by atomic mass is 16.2. The molecule has 1 fully saturated rings. The van der Waals surface area contributed by atoms with Gasteiger partial charge in [-0.1, -0.05) is 12.1 Å². The fraction of sp³-hybridized carbons (Fsp3) is 0.300. The van der Waals surface area contributed by atoms with Crippen LogP contribution in [0.25, 0.3) is 22.0 Å². The number of benzene rings is 1. The van der Waals surface area contributed by atoms with Gasteiger partial charge >= 0.3 is 0 Å². The van der Waals surface area contributed by atoms with E-state index >= 15 is 0 Å². The van der Waals surface area contributed by atoms with E-state index < -0.39 is 0 Å². The Balaban J connectivity index is 1.83. The smallest absolute Gasteiger partial charge is 0.274 e. The number of aryl methyl sites for hydroxylation is 1. The monoisotopic (exact) mass is 335 g/mol. The van der Waals surface area contributed by atoms with Crippen molar-refractivity contribution in [2.24, 2.45) is 0 Å². The fourth-order valence-electron chi connectivity index (χ4n) is 3.59. The molecule has 1 aliphatic heterocycles. The molecule has 1 N–H and O–H groups in total. The summed E-state index contributed by atoms with van der Waals surface area (Å²) in [7, 11) is 0. The Kier molecular flexibility index (Phi) is 3.92. The summed E-state index contributed by atoms with van der Waals surface area (Å²) in [5.41, 5.74) is 3.22. The standard InChI is InChI=1S/C20H21N3O2/c1-2-22-13-17(16-8-9-21-18(16)20(22)25)14-6-5-7-15(12-14)19(24)23-10-3-4-11-23/h5-9,12-13,21H,2-4,10-11H2,1H3. The largest absolute Gasteiger partial charge is 0.357 e. The highest BCUT2D eigenvalue weighted by Gasteiger charge is 2.20. The number of H-pyrrole nitrogens is 1. The van der Waals surface area contributed by atoms with Crippen molar-refractivity contribution in [3.05, 3.63) is 58.6 Å². The SMILES string of the molecule is CCn1cc(-c2cccc(C(=O)N3CCCC3)c2)c2cc[nH]c2c1=O. The van der Waals surface area contributed by atoms with Crippen LogP contribution >= 0.6 is 0 Å². The Bertz CT molecular complexity index is 994. The summed E-state index contributed by atoms with van der Waals surface area (Å²) in [4.78, 5) is 30.1. The number of carbonyl (C=O) groups is 1. The predicted octanol–water partition coefficient (Wildman–Crippen LogP) is 3.25. The number of aromatic nitrogens is 2. The lowest BCUT2D eigenvalue weighted by Crippen LogP contribution is -2.27. The van der Waals surface area contributed by atoms with E-state index in [2.05, 4.69) is 4.98 Å². The highest BCUT2D eigenvalue weighted by Crippen LogP contribution is 2.27. The van der Waals surface area contributed by atoms with Gasteiger partial charge in [-0.05, 0) is 43.5 Å². The summed E-state index contributed by atoms with van der Waals surface area (Å²) >= 11 is 0. The second kappa shape index (κ2) is 6.24. The average Bonchev–Trinajstić information content (AvgIpc) is 3.34. The second-order valence-corrected chi connectivity index (χ2v) is 6.48. The first-order chi connectivity index (χ1) is 12.2. The minimum Gasteiger partial charge on any atom is -0.357 e. The maximum absolute atomic E-state index is 12.7. The van der Waals surface area contributed by atoms with Crippen LogP contribution in [0.1, 0.15) is 30.1 Å². The molecular weight excluding hydrogens is 314 g/mol. The maximum Gasteiger partial charge on any atom is 0.274 e. The van der Waals surface area contributed by atoms with Crippen LogP contribution in [0.15, 0.2) is 47.5 Å². The number of hydrogen-bond donors (Lipinski definition) is 1. The van der Waals surface area contributed by atoms with Gasteiger partial charge in [0.05, 0.1) is 0 Å².